The monoisotopic (exact) mass is 175 g/mol. The molecule has 1 aliphatic rings. The van der Waals surface area contributed by atoms with E-state index in [1.807, 2.05) is 18.2 Å². The number of esters is 1. The van der Waals surface area contributed by atoms with E-state index in [2.05, 4.69) is 4.98 Å². The Balaban J connectivity index is 2.31. The zero-order valence-corrected chi connectivity index (χ0v) is 7.28. The van der Waals surface area contributed by atoms with E-state index in [4.69, 9.17) is 4.74 Å². The second-order valence-electron chi connectivity index (χ2n) is 2.88. The molecule has 0 aliphatic heterocycles. The lowest BCUT2D eigenvalue weighted by Crippen LogP contribution is -1.98. The molecule has 0 atom stereocenters. The first-order chi connectivity index (χ1) is 6.27. The highest BCUT2D eigenvalue weighted by Crippen LogP contribution is 2.25. The van der Waals surface area contributed by atoms with Crippen LogP contribution < -0.4 is 0 Å². The highest BCUT2D eigenvalue weighted by molar-refractivity contribution is 5.77. The van der Waals surface area contributed by atoms with Crippen LogP contribution in [0.3, 0.4) is 0 Å². The number of carbonyl (C=O) groups is 1. The number of fused-ring (bicyclic) bond motifs is 1. The Morgan fingerprint density at radius 1 is 1.62 bits per heavy atom. The van der Waals surface area contributed by atoms with Crippen molar-refractivity contribution in [2.24, 2.45) is 0 Å². The van der Waals surface area contributed by atoms with Crippen LogP contribution in [0.15, 0.2) is 24.4 Å². The molecule has 0 bridgehead atoms. The molecule has 0 amide bonds. The Morgan fingerprint density at radius 3 is 3.23 bits per heavy atom. The summed E-state index contributed by atoms with van der Waals surface area (Å²) < 4.78 is 5.00. The maximum Gasteiger partial charge on any atom is 0.308 e. The first-order valence-electron chi connectivity index (χ1n) is 4.10. The second kappa shape index (κ2) is 3.01. The van der Waals surface area contributed by atoms with Crippen molar-refractivity contribution >= 4 is 11.7 Å². The van der Waals surface area contributed by atoms with Gasteiger partial charge in [0.2, 0.25) is 0 Å². The van der Waals surface area contributed by atoms with E-state index in [0.29, 0.717) is 5.76 Å². The number of aromatic nitrogens is 1. The van der Waals surface area contributed by atoms with Gasteiger partial charge < -0.3 is 4.74 Å². The third kappa shape index (κ3) is 1.45. The van der Waals surface area contributed by atoms with Crippen LogP contribution in [0.1, 0.15) is 18.2 Å². The number of hydrogen-bond donors (Lipinski definition) is 0. The second-order valence-corrected chi connectivity index (χ2v) is 2.88. The first-order valence-corrected chi connectivity index (χ1v) is 4.10. The number of allylic oxidation sites excluding steroid dienone is 1. The van der Waals surface area contributed by atoms with Gasteiger partial charge in [0.15, 0.2) is 5.76 Å². The van der Waals surface area contributed by atoms with Crippen molar-refractivity contribution in [2.45, 2.75) is 13.3 Å². The van der Waals surface area contributed by atoms with E-state index in [0.717, 1.165) is 17.7 Å². The van der Waals surface area contributed by atoms with Crippen molar-refractivity contribution in [3.63, 3.8) is 0 Å². The highest BCUT2D eigenvalue weighted by atomic mass is 16.5. The van der Waals surface area contributed by atoms with Gasteiger partial charge in [0, 0.05) is 13.1 Å². The lowest BCUT2D eigenvalue weighted by molar-refractivity contribution is -0.134. The van der Waals surface area contributed by atoms with Crippen LogP contribution >= 0.6 is 0 Å². The summed E-state index contributed by atoms with van der Waals surface area (Å²) in [6, 6.07) is 3.86. The molecule has 1 aliphatic carbocycles. The van der Waals surface area contributed by atoms with Crippen LogP contribution in [0.25, 0.3) is 5.76 Å². The molecule has 66 valence electrons. The zero-order valence-electron chi connectivity index (χ0n) is 7.28. The molecule has 0 unspecified atom stereocenters. The Hall–Kier alpha value is -1.64. The molecule has 0 aromatic carbocycles. The molecule has 1 heterocycles. The molecule has 0 spiro atoms. The fourth-order valence-corrected chi connectivity index (χ4v) is 1.37. The van der Waals surface area contributed by atoms with E-state index in [-0.39, 0.29) is 5.97 Å². The van der Waals surface area contributed by atoms with Crippen molar-refractivity contribution in [3.8, 4) is 0 Å². The molecule has 0 radical (unpaired) electrons. The standard InChI is InChI=1S/C10H9NO2/c1-7(12)13-9-5-4-8-3-2-6-11-10(8)9/h2-3,5-6H,4H2,1H3. The van der Waals surface area contributed by atoms with Gasteiger partial charge in [-0.05, 0) is 24.1 Å². The summed E-state index contributed by atoms with van der Waals surface area (Å²) in [6.45, 7) is 1.39. The van der Waals surface area contributed by atoms with Crippen molar-refractivity contribution in [1.29, 1.82) is 0 Å². The van der Waals surface area contributed by atoms with E-state index >= 15 is 0 Å². The molecule has 0 saturated carbocycles. The van der Waals surface area contributed by atoms with Crippen LogP contribution in [-0.2, 0) is 16.0 Å². The number of hydrogen-bond acceptors (Lipinski definition) is 3. The molecular weight excluding hydrogens is 166 g/mol. The average Bonchev–Trinajstić information content (AvgIpc) is 2.48. The number of nitrogens with zero attached hydrogens (tertiary/aromatic N) is 1. The molecule has 3 heteroatoms. The van der Waals surface area contributed by atoms with Gasteiger partial charge in [-0.1, -0.05) is 6.07 Å². The molecule has 3 nitrogen and oxygen atoms in total. The van der Waals surface area contributed by atoms with Crippen LogP contribution in [0.5, 0.6) is 0 Å². The molecule has 0 saturated heterocycles. The lowest BCUT2D eigenvalue weighted by Gasteiger charge is -2.02. The van der Waals surface area contributed by atoms with Crippen LogP contribution in [-0.4, -0.2) is 11.0 Å². The largest absolute Gasteiger partial charge is 0.425 e. The maximum atomic E-state index is 10.7. The predicted molar refractivity (Wildman–Crippen MR) is 47.7 cm³/mol. The van der Waals surface area contributed by atoms with Crippen molar-refractivity contribution in [2.75, 3.05) is 0 Å². The molecule has 1 aromatic rings. The minimum absolute atomic E-state index is 0.301. The third-order valence-corrected chi connectivity index (χ3v) is 1.89. The summed E-state index contributed by atoms with van der Waals surface area (Å²) in [7, 11) is 0. The fourth-order valence-electron chi connectivity index (χ4n) is 1.37. The van der Waals surface area contributed by atoms with Gasteiger partial charge in [0.25, 0.3) is 0 Å². The molecule has 13 heavy (non-hydrogen) atoms. The number of ether oxygens (including phenoxy) is 1. The number of carbonyl (C=O) groups excluding carboxylic acids is 1. The Kier molecular flexibility index (Phi) is 1.85. The fraction of sp³-hybridized carbons (Fsp3) is 0.200. The van der Waals surface area contributed by atoms with Crippen molar-refractivity contribution in [3.05, 3.63) is 35.7 Å². The molecule has 2 rings (SSSR count). The van der Waals surface area contributed by atoms with Crippen LogP contribution in [0, 0.1) is 0 Å². The third-order valence-electron chi connectivity index (χ3n) is 1.89. The topological polar surface area (TPSA) is 39.2 Å². The molecule has 0 fully saturated rings. The summed E-state index contributed by atoms with van der Waals surface area (Å²) in [6.07, 6.45) is 4.37. The zero-order chi connectivity index (χ0) is 9.26. The predicted octanol–water partition coefficient (Wildman–Crippen LogP) is 1.54. The summed E-state index contributed by atoms with van der Waals surface area (Å²) in [5.74, 6) is 0.285. The number of rotatable bonds is 1. The van der Waals surface area contributed by atoms with E-state index in [1.54, 1.807) is 6.20 Å². The van der Waals surface area contributed by atoms with Crippen molar-refractivity contribution in [1.82, 2.24) is 4.98 Å². The van der Waals surface area contributed by atoms with Gasteiger partial charge in [-0.25, -0.2) is 0 Å². The summed E-state index contributed by atoms with van der Waals surface area (Å²) in [5.41, 5.74) is 1.90. The molecule has 0 N–H and O–H groups in total. The van der Waals surface area contributed by atoms with Gasteiger partial charge in [-0.2, -0.15) is 0 Å². The van der Waals surface area contributed by atoms with Gasteiger partial charge in [-0.3, -0.25) is 9.78 Å². The summed E-state index contributed by atoms with van der Waals surface area (Å²) >= 11 is 0. The van der Waals surface area contributed by atoms with Gasteiger partial charge >= 0.3 is 5.97 Å². The average molecular weight is 175 g/mol. The number of pyridine rings is 1. The van der Waals surface area contributed by atoms with E-state index < -0.39 is 0 Å². The minimum Gasteiger partial charge on any atom is -0.425 e. The minimum atomic E-state index is -0.301. The van der Waals surface area contributed by atoms with Crippen LogP contribution in [0.2, 0.25) is 0 Å². The molecule has 1 aromatic heterocycles. The Bertz CT molecular complexity index is 382. The van der Waals surface area contributed by atoms with Gasteiger partial charge in [-0.15, -0.1) is 0 Å². The van der Waals surface area contributed by atoms with Crippen LogP contribution in [0.4, 0.5) is 0 Å². The SMILES string of the molecule is CC(=O)OC1=CCc2cccnc21. The van der Waals surface area contributed by atoms with Crippen molar-refractivity contribution < 1.29 is 9.53 Å². The van der Waals surface area contributed by atoms with Gasteiger partial charge in [0.05, 0.1) is 0 Å². The van der Waals surface area contributed by atoms with E-state index in [1.165, 1.54) is 6.92 Å². The summed E-state index contributed by atoms with van der Waals surface area (Å²) in [4.78, 5) is 14.9. The lowest BCUT2D eigenvalue weighted by atomic mass is 10.2. The smallest absolute Gasteiger partial charge is 0.308 e. The van der Waals surface area contributed by atoms with Gasteiger partial charge in [0.1, 0.15) is 5.69 Å². The Labute approximate surface area is 76.1 Å². The Morgan fingerprint density at radius 2 is 2.46 bits per heavy atom. The molecular formula is C10H9NO2. The van der Waals surface area contributed by atoms with E-state index in [9.17, 15) is 4.79 Å². The first kappa shape index (κ1) is 7.98. The maximum absolute atomic E-state index is 10.7. The summed E-state index contributed by atoms with van der Waals surface area (Å²) in [5, 5.41) is 0. The quantitative estimate of drug-likeness (QED) is 0.608. The highest BCUT2D eigenvalue weighted by Gasteiger charge is 2.17. The normalized spacial score (nSPS) is 13.5.